The van der Waals surface area contributed by atoms with Gasteiger partial charge in [-0.15, -0.1) is 0 Å². The SMILES string of the molecule is C1CCN(C[C@H]2CCCN2C[C@H]2CCCO2)CC1. The maximum atomic E-state index is 5.80. The highest BCUT2D eigenvalue weighted by Crippen LogP contribution is 2.23. The molecule has 3 fully saturated rings. The van der Waals surface area contributed by atoms with Crippen LogP contribution in [0.25, 0.3) is 0 Å². The lowest BCUT2D eigenvalue weighted by molar-refractivity contribution is 0.0601. The first-order valence-electron chi connectivity index (χ1n) is 8.00. The zero-order valence-electron chi connectivity index (χ0n) is 11.6. The van der Waals surface area contributed by atoms with Gasteiger partial charge in [0.25, 0.3) is 0 Å². The van der Waals surface area contributed by atoms with Gasteiger partial charge in [-0.25, -0.2) is 0 Å². The Bertz CT molecular complexity index is 247. The molecule has 0 unspecified atom stereocenters. The highest BCUT2D eigenvalue weighted by molar-refractivity contribution is 4.85. The lowest BCUT2D eigenvalue weighted by atomic mass is 10.1. The van der Waals surface area contributed by atoms with Crippen molar-refractivity contribution in [3.63, 3.8) is 0 Å². The van der Waals surface area contributed by atoms with Gasteiger partial charge < -0.3 is 9.64 Å². The molecular weight excluding hydrogens is 224 g/mol. The second kappa shape index (κ2) is 6.36. The van der Waals surface area contributed by atoms with Gasteiger partial charge in [0.05, 0.1) is 6.10 Å². The molecule has 0 aliphatic carbocycles. The first-order chi connectivity index (χ1) is 8.92. The van der Waals surface area contributed by atoms with E-state index in [-0.39, 0.29) is 0 Å². The van der Waals surface area contributed by atoms with Crippen LogP contribution in [0.5, 0.6) is 0 Å². The fraction of sp³-hybridized carbons (Fsp3) is 1.00. The Morgan fingerprint density at radius 1 is 0.833 bits per heavy atom. The van der Waals surface area contributed by atoms with Crippen molar-refractivity contribution in [1.82, 2.24) is 9.80 Å². The van der Waals surface area contributed by atoms with Crippen molar-refractivity contribution >= 4 is 0 Å². The lowest BCUT2D eigenvalue weighted by Gasteiger charge is -2.33. The van der Waals surface area contributed by atoms with Crippen molar-refractivity contribution in [3.05, 3.63) is 0 Å². The van der Waals surface area contributed by atoms with E-state index >= 15 is 0 Å². The highest BCUT2D eigenvalue weighted by atomic mass is 16.5. The van der Waals surface area contributed by atoms with Gasteiger partial charge in [-0.05, 0) is 58.2 Å². The predicted molar refractivity (Wildman–Crippen MR) is 73.9 cm³/mol. The van der Waals surface area contributed by atoms with E-state index in [1.807, 2.05) is 0 Å². The third-order valence-electron chi connectivity index (χ3n) is 4.88. The van der Waals surface area contributed by atoms with Crippen molar-refractivity contribution in [2.24, 2.45) is 0 Å². The van der Waals surface area contributed by atoms with Crippen LogP contribution >= 0.6 is 0 Å². The Balaban J connectivity index is 1.47. The normalized spacial score (nSPS) is 35.3. The summed E-state index contributed by atoms with van der Waals surface area (Å²) in [6.45, 7) is 7.48. The fourth-order valence-electron chi connectivity index (χ4n) is 3.83. The molecule has 3 aliphatic rings. The summed E-state index contributed by atoms with van der Waals surface area (Å²) in [4.78, 5) is 5.41. The van der Waals surface area contributed by atoms with Crippen LogP contribution in [0.2, 0.25) is 0 Å². The van der Waals surface area contributed by atoms with Crippen LogP contribution in [0.15, 0.2) is 0 Å². The second-order valence-corrected chi connectivity index (χ2v) is 6.29. The monoisotopic (exact) mass is 252 g/mol. The third-order valence-corrected chi connectivity index (χ3v) is 4.88. The Morgan fingerprint density at radius 3 is 2.50 bits per heavy atom. The quantitative estimate of drug-likeness (QED) is 0.762. The number of likely N-dealkylation sites (tertiary alicyclic amines) is 2. The maximum Gasteiger partial charge on any atom is 0.0702 e. The van der Waals surface area contributed by atoms with E-state index in [9.17, 15) is 0 Å². The standard InChI is InChI=1S/C15H28N2O/c1-2-8-16(9-3-1)12-14-6-4-10-17(14)13-15-7-5-11-18-15/h14-15H,1-13H2/t14-,15-/m1/s1. The van der Waals surface area contributed by atoms with Crippen molar-refractivity contribution < 1.29 is 4.74 Å². The average Bonchev–Trinajstić information content (AvgIpc) is 3.04. The zero-order valence-corrected chi connectivity index (χ0v) is 11.6. The van der Waals surface area contributed by atoms with Gasteiger partial charge in [0, 0.05) is 25.7 Å². The molecule has 0 amide bonds. The Morgan fingerprint density at radius 2 is 1.72 bits per heavy atom. The number of hydrogen-bond donors (Lipinski definition) is 0. The molecule has 0 saturated carbocycles. The summed E-state index contributed by atoms with van der Waals surface area (Å²) in [5.41, 5.74) is 0. The molecule has 0 N–H and O–H groups in total. The van der Waals surface area contributed by atoms with Crippen LogP contribution in [-0.4, -0.2) is 61.3 Å². The van der Waals surface area contributed by atoms with Crippen molar-refractivity contribution in [1.29, 1.82) is 0 Å². The molecule has 0 spiro atoms. The molecule has 3 saturated heterocycles. The Kier molecular flexibility index (Phi) is 4.55. The van der Waals surface area contributed by atoms with E-state index in [0.717, 1.165) is 12.6 Å². The van der Waals surface area contributed by atoms with Gasteiger partial charge in [0.15, 0.2) is 0 Å². The number of piperidine rings is 1. The molecule has 3 aliphatic heterocycles. The van der Waals surface area contributed by atoms with E-state index in [0.29, 0.717) is 6.10 Å². The van der Waals surface area contributed by atoms with Crippen molar-refractivity contribution in [3.8, 4) is 0 Å². The van der Waals surface area contributed by atoms with Gasteiger partial charge in [-0.1, -0.05) is 6.42 Å². The smallest absolute Gasteiger partial charge is 0.0702 e. The van der Waals surface area contributed by atoms with Crippen molar-refractivity contribution in [2.45, 2.75) is 57.1 Å². The largest absolute Gasteiger partial charge is 0.377 e. The molecule has 0 radical (unpaired) electrons. The summed E-state index contributed by atoms with van der Waals surface area (Å²) in [5, 5.41) is 0. The molecule has 18 heavy (non-hydrogen) atoms. The molecule has 104 valence electrons. The molecule has 3 nitrogen and oxygen atoms in total. The predicted octanol–water partition coefficient (Wildman–Crippen LogP) is 2.12. The minimum Gasteiger partial charge on any atom is -0.377 e. The number of nitrogens with zero attached hydrogens (tertiary/aromatic N) is 2. The van der Waals surface area contributed by atoms with Crippen LogP contribution in [-0.2, 0) is 4.74 Å². The summed E-state index contributed by atoms with van der Waals surface area (Å²) in [6.07, 6.45) is 10.2. The van der Waals surface area contributed by atoms with E-state index in [2.05, 4.69) is 9.80 Å². The zero-order chi connectivity index (χ0) is 12.2. The Hall–Kier alpha value is -0.120. The summed E-state index contributed by atoms with van der Waals surface area (Å²) >= 11 is 0. The number of hydrogen-bond acceptors (Lipinski definition) is 3. The molecule has 0 aromatic rings. The van der Waals surface area contributed by atoms with Gasteiger partial charge in [-0.2, -0.15) is 0 Å². The third kappa shape index (κ3) is 3.25. The minimum atomic E-state index is 0.534. The number of ether oxygens (including phenoxy) is 1. The first-order valence-corrected chi connectivity index (χ1v) is 8.00. The molecular formula is C15H28N2O. The van der Waals surface area contributed by atoms with E-state index in [1.54, 1.807) is 0 Å². The molecule has 0 bridgehead atoms. The van der Waals surface area contributed by atoms with Gasteiger partial charge in [-0.3, -0.25) is 4.90 Å². The summed E-state index contributed by atoms with van der Waals surface area (Å²) in [6, 6.07) is 0.812. The van der Waals surface area contributed by atoms with Gasteiger partial charge in [0.2, 0.25) is 0 Å². The summed E-state index contributed by atoms with van der Waals surface area (Å²) in [7, 11) is 0. The van der Waals surface area contributed by atoms with Crippen molar-refractivity contribution in [2.75, 3.05) is 39.3 Å². The maximum absolute atomic E-state index is 5.80. The van der Waals surface area contributed by atoms with Gasteiger partial charge >= 0.3 is 0 Å². The average molecular weight is 252 g/mol. The van der Waals surface area contributed by atoms with E-state index in [4.69, 9.17) is 4.74 Å². The summed E-state index contributed by atoms with van der Waals surface area (Å²) in [5.74, 6) is 0. The van der Waals surface area contributed by atoms with Gasteiger partial charge in [0.1, 0.15) is 0 Å². The van der Waals surface area contributed by atoms with Crippen LogP contribution in [0, 0.1) is 0 Å². The molecule has 0 aromatic carbocycles. The summed E-state index contributed by atoms with van der Waals surface area (Å²) < 4.78 is 5.80. The molecule has 3 heterocycles. The molecule has 2 atom stereocenters. The first kappa shape index (κ1) is 12.9. The molecule has 3 rings (SSSR count). The number of rotatable bonds is 4. The molecule has 3 heteroatoms. The Labute approximate surface area is 111 Å². The van der Waals surface area contributed by atoms with Crippen LogP contribution in [0.1, 0.15) is 44.9 Å². The minimum absolute atomic E-state index is 0.534. The topological polar surface area (TPSA) is 15.7 Å². The lowest BCUT2D eigenvalue weighted by Crippen LogP contribution is -2.44. The highest BCUT2D eigenvalue weighted by Gasteiger charge is 2.29. The van der Waals surface area contributed by atoms with E-state index in [1.165, 1.54) is 77.7 Å². The van der Waals surface area contributed by atoms with Crippen LogP contribution in [0.4, 0.5) is 0 Å². The molecule has 0 aromatic heterocycles. The van der Waals surface area contributed by atoms with Crippen LogP contribution in [0.3, 0.4) is 0 Å². The second-order valence-electron chi connectivity index (χ2n) is 6.29. The van der Waals surface area contributed by atoms with E-state index < -0.39 is 0 Å². The van der Waals surface area contributed by atoms with Crippen LogP contribution < -0.4 is 0 Å². The fourth-order valence-corrected chi connectivity index (χ4v) is 3.83.